The highest BCUT2D eigenvalue weighted by molar-refractivity contribution is 7.99. The van der Waals surface area contributed by atoms with Crippen molar-refractivity contribution >= 4 is 11.8 Å². The highest BCUT2D eigenvalue weighted by Crippen LogP contribution is 2.23. The first-order chi connectivity index (χ1) is 6.88. The lowest BCUT2D eigenvalue weighted by Crippen LogP contribution is -1.94. The fourth-order valence-corrected chi connectivity index (χ4v) is 1.74. The normalized spacial score (nSPS) is 10.4. The third kappa shape index (κ3) is 2.12. The van der Waals surface area contributed by atoms with Gasteiger partial charge in [-0.15, -0.1) is 0 Å². The van der Waals surface area contributed by atoms with Crippen molar-refractivity contribution in [3.8, 4) is 0 Å². The lowest BCUT2D eigenvalue weighted by Gasteiger charge is -1.99. The standard InChI is InChI=1S/C9H10N4S/c10-5-7-1-3-8(4-2-7)14-9-11-6-12-13-9/h1-4,6H,5,10H2,(H,11,12,13). The van der Waals surface area contributed by atoms with E-state index < -0.39 is 0 Å². The summed E-state index contributed by atoms with van der Waals surface area (Å²) >= 11 is 1.54. The molecule has 0 aliphatic heterocycles. The van der Waals surface area contributed by atoms with Gasteiger partial charge in [-0.05, 0) is 17.7 Å². The van der Waals surface area contributed by atoms with Gasteiger partial charge in [0.05, 0.1) is 0 Å². The molecule has 0 fully saturated rings. The molecule has 0 saturated heterocycles. The Bertz CT molecular complexity index is 382. The number of H-pyrrole nitrogens is 1. The summed E-state index contributed by atoms with van der Waals surface area (Å²) in [7, 11) is 0. The SMILES string of the molecule is NCc1ccc(Sc2ncn[nH]2)cc1. The van der Waals surface area contributed by atoms with Crippen LogP contribution in [-0.2, 0) is 6.54 Å². The quantitative estimate of drug-likeness (QED) is 0.796. The number of aromatic amines is 1. The first-order valence-corrected chi connectivity index (χ1v) is 5.02. The first-order valence-electron chi connectivity index (χ1n) is 4.21. The van der Waals surface area contributed by atoms with Crippen molar-refractivity contribution in [1.29, 1.82) is 0 Å². The smallest absolute Gasteiger partial charge is 0.188 e. The fourth-order valence-electron chi connectivity index (χ4n) is 1.05. The van der Waals surface area contributed by atoms with Crippen LogP contribution in [-0.4, -0.2) is 15.2 Å². The lowest BCUT2D eigenvalue weighted by atomic mass is 10.2. The van der Waals surface area contributed by atoms with Crippen LogP contribution in [0.3, 0.4) is 0 Å². The molecule has 2 rings (SSSR count). The summed E-state index contributed by atoms with van der Waals surface area (Å²) in [6, 6.07) is 8.07. The number of rotatable bonds is 3. The Morgan fingerprint density at radius 1 is 1.29 bits per heavy atom. The van der Waals surface area contributed by atoms with Crippen LogP contribution < -0.4 is 5.73 Å². The molecular formula is C9H10N4S. The minimum absolute atomic E-state index is 0.577. The van der Waals surface area contributed by atoms with Crippen molar-refractivity contribution in [2.45, 2.75) is 16.6 Å². The molecule has 72 valence electrons. The molecule has 3 N–H and O–H groups in total. The highest BCUT2D eigenvalue weighted by Gasteiger charge is 1.98. The Hall–Kier alpha value is -1.33. The van der Waals surface area contributed by atoms with Crippen molar-refractivity contribution in [3.05, 3.63) is 36.2 Å². The zero-order valence-electron chi connectivity index (χ0n) is 7.47. The van der Waals surface area contributed by atoms with Crippen molar-refractivity contribution in [2.24, 2.45) is 5.73 Å². The molecule has 4 nitrogen and oxygen atoms in total. The van der Waals surface area contributed by atoms with E-state index in [4.69, 9.17) is 5.73 Å². The minimum Gasteiger partial charge on any atom is -0.326 e. The lowest BCUT2D eigenvalue weighted by molar-refractivity contribution is 0.973. The van der Waals surface area contributed by atoms with E-state index >= 15 is 0 Å². The van der Waals surface area contributed by atoms with Gasteiger partial charge in [-0.2, -0.15) is 5.10 Å². The Morgan fingerprint density at radius 3 is 2.64 bits per heavy atom. The average Bonchev–Trinajstić information content (AvgIpc) is 2.72. The van der Waals surface area contributed by atoms with E-state index in [9.17, 15) is 0 Å². The molecule has 1 heterocycles. The van der Waals surface area contributed by atoms with Gasteiger partial charge in [-0.25, -0.2) is 4.98 Å². The molecule has 0 saturated carbocycles. The van der Waals surface area contributed by atoms with Gasteiger partial charge < -0.3 is 5.73 Å². The molecule has 0 aliphatic carbocycles. The number of aromatic nitrogens is 3. The van der Waals surface area contributed by atoms with Gasteiger partial charge in [0.15, 0.2) is 5.16 Å². The Labute approximate surface area is 85.9 Å². The third-order valence-corrected chi connectivity index (χ3v) is 2.66. The van der Waals surface area contributed by atoms with Gasteiger partial charge in [0, 0.05) is 11.4 Å². The van der Waals surface area contributed by atoms with Crippen LogP contribution >= 0.6 is 11.8 Å². The molecule has 0 atom stereocenters. The van der Waals surface area contributed by atoms with Crippen LogP contribution in [0, 0.1) is 0 Å². The topological polar surface area (TPSA) is 67.6 Å². The van der Waals surface area contributed by atoms with E-state index in [1.54, 1.807) is 11.8 Å². The van der Waals surface area contributed by atoms with Crippen LogP contribution in [0.4, 0.5) is 0 Å². The highest BCUT2D eigenvalue weighted by atomic mass is 32.2. The minimum atomic E-state index is 0.577. The second-order valence-corrected chi connectivity index (χ2v) is 3.80. The Balaban J connectivity index is 2.10. The molecule has 0 aliphatic rings. The maximum atomic E-state index is 5.50. The predicted molar refractivity (Wildman–Crippen MR) is 54.8 cm³/mol. The van der Waals surface area contributed by atoms with Gasteiger partial charge in [0.25, 0.3) is 0 Å². The molecule has 5 heteroatoms. The van der Waals surface area contributed by atoms with E-state index in [1.807, 2.05) is 24.3 Å². The number of hydrogen-bond donors (Lipinski definition) is 2. The molecule has 2 aromatic rings. The monoisotopic (exact) mass is 206 g/mol. The van der Waals surface area contributed by atoms with Crippen LogP contribution in [0.15, 0.2) is 40.6 Å². The molecule has 0 bridgehead atoms. The summed E-state index contributed by atoms with van der Waals surface area (Å²) in [6.45, 7) is 0.577. The van der Waals surface area contributed by atoms with E-state index in [0.717, 1.165) is 15.6 Å². The largest absolute Gasteiger partial charge is 0.326 e. The molecule has 0 unspecified atom stereocenters. The second-order valence-electron chi connectivity index (χ2n) is 2.74. The van der Waals surface area contributed by atoms with E-state index in [-0.39, 0.29) is 0 Å². The maximum absolute atomic E-state index is 5.50. The maximum Gasteiger partial charge on any atom is 0.188 e. The van der Waals surface area contributed by atoms with Gasteiger partial charge in [0.1, 0.15) is 6.33 Å². The van der Waals surface area contributed by atoms with Gasteiger partial charge in [-0.1, -0.05) is 23.9 Å². The zero-order valence-corrected chi connectivity index (χ0v) is 8.29. The molecular weight excluding hydrogens is 196 g/mol. The molecule has 1 aromatic carbocycles. The molecule has 0 spiro atoms. The molecule has 14 heavy (non-hydrogen) atoms. The van der Waals surface area contributed by atoms with Gasteiger partial charge in [-0.3, -0.25) is 5.10 Å². The van der Waals surface area contributed by atoms with E-state index in [1.165, 1.54) is 6.33 Å². The average molecular weight is 206 g/mol. The summed E-state index contributed by atoms with van der Waals surface area (Å²) < 4.78 is 0. The number of hydrogen-bond acceptors (Lipinski definition) is 4. The molecule has 0 amide bonds. The number of benzene rings is 1. The van der Waals surface area contributed by atoms with Crippen LogP contribution in [0.1, 0.15) is 5.56 Å². The number of nitrogens with zero attached hydrogens (tertiary/aromatic N) is 2. The molecule has 1 aromatic heterocycles. The zero-order chi connectivity index (χ0) is 9.80. The number of nitrogens with one attached hydrogen (secondary N) is 1. The van der Waals surface area contributed by atoms with Crippen LogP contribution in [0.2, 0.25) is 0 Å². The summed E-state index contributed by atoms with van der Waals surface area (Å²) in [4.78, 5) is 5.15. The Kier molecular flexibility index (Phi) is 2.81. The van der Waals surface area contributed by atoms with Crippen molar-refractivity contribution < 1.29 is 0 Å². The van der Waals surface area contributed by atoms with E-state index in [0.29, 0.717) is 6.54 Å². The summed E-state index contributed by atoms with van der Waals surface area (Å²) in [5, 5.41) is 7.36. The summed E-state index contributed by atoms with van der Waals surface area (Å²) in [5.41, 5.74) is 6.63. The van der Waals surface area contributed by atoms with E-state index in [2.05, 4.69) is 15.2 Å². The Morgan fingerprint density at radius 2 is 2.07 bits per heavy atom. The van der Waals surface area contributed by atoms with Crippen molar-refractivity contribution in [3.63, 3.8) is 0 Å². The van der Waals surface area contributed by atoms with Crippen molar-refractivity contribution in [1.82, 2.24) is 15.2 Å². The molecule has 0 radical (unpaired) electrons. The fraction of sp³-hybridized carbons (Fsp3) is 0.111. The third-order valence-electron chi connectivity index (χ3n) is 1.77. The predicted octanol–water partition coefficient (Wildman–Crippen LogP) is 1.41. The summed E-state index contributed by atoms with van der Waals surface area (Å²) in [5.74, 6) is 0. The second kappa shape index (κ2) is 4.26. The van der Waals surface area contributed by atoms with Crippen LogP contribution in [0.25, 0.3) is 0 Å². The first kappa shape index (κ1) is 9.23. The van der Waals surface area contributed by atoms with Crippen LogP contribution in [0.5, 0.6) is 0 Å². The van der Waals surface area contributed by atoms with Crippen molar-refractivity contribution in [2.75, 3.05) is 0 Å². The number of nitrogens with two attached hydrogens (primary N) is 1. The van der Waals surface area contributed by atoms with Gasteiger partial charge >= 0.3 is 0 Å². The summed E-state index contributed by atoms with van der Waals surface area (Å²) in [6.07, 6.45) is 1.50. The van der Waals surface area contributed by atoms with Gasteiger partial charge in [0.2, 0.25) is 0 Å².